The van der Waals surface area contributed by atoms with Crippen LogP contribution < -0.4 is 10.6 Å². The number of rotatable bonds is 2. The van der Waals surface area contributed by atoms with Gasteiger partial charge in [0.2, 0.25) is 5.91 Å². The fourth-order valence-corrected chi connectivity index (χ4v) is 3.84. The molecule has 1 unspecified atom stereocenters. The van der Waals surface area contributed by atoms with Gasteiger partial charge < -0.3 is 10.6 Å². The van der Waals surface area contributed by atoms with Gasteiger partial charge >= 0.3 is 0 Å². The molecule has 0 bridgehead atoms. The second-order valence-electron chi connectivity index (χ2n) is 3.82. The van der Waals surface area contributed by atoms with E-state index in [1.54, 1.807) is 23.9 Å². The Kier molecular flexibility index (Phi) is 5.21. The molecule has 1 atom stereocenters. The van der Waals surface area contributed by atoms with Gasteiger partial charge in [0.25, 0.3) is 0 Å². The molecular weight excluding hydrogens is 359 g/mol. The Hall–Kier alpha value is 0.0600. The highest BCUT2D eigenvalue weighted by molar-refractivity contribution is 9.10. The fourth-order valence-electron chi connectivity index (χ4n) is 1.61. The number of hydrogen-bond acceptors (Lipinski definition) is 3. The zero-order valence-corrected chi connectivity index (χ0v) is 13.2. The van der Waals surface area contributed by atoms with Crippen LogP contribution in [0, 0.1) is 0 Å². The summed E-state index contributed by atoms with van der Waals surface area (Å²) in [6, 6.07) is 3.21. The lowest BCUT2D eigenvalue weighted by Crippen LogP contribution is -2.46. The lowest BCUT2D eigenvalue weighted by Gasteiger charge is -2.22. The van der Waals surface area contributed by atoms with E-state index >= 15 is 0 Å². The van der Waals surface area contributed by atoms with Gasteiger partial charge in [-0.25, -0.2) is 0 Å². The predicted molar refractivity (Wildman–Crippen MR) is 81.9 cm³/mol. The van der Waals surface area contributed by atoms with Gasteiger partial charge in [-0.15, -0.1) is 0 Å². The molecule has 2 N–H and O–H groups in total. The molecule has 0 aromatic heterocycles. The van der Waals surface area contributed by atoms with Crippen LogP contribution in [0.15, 0.2) is 16.6 Å². The normalized spacial score (nSPS) is 19.6. The van der Waals surface area contributed by atoms with Crippen molar-refractivity contribution in [3.63, 3.8) is 0 Å². The van der Waals surface area contributed by atoms with Gasteiger partial charge in [0.05, 0.1) is 21.8 Å². The summed E-state index contributed by atoms with van der Waals surface area (Å²) in [5.41, 5.74) is 0.462. The summed E-state index contributed by atoms with van der Waals surface area (Å²) in [4.78, 5) is 12.0. The molecule has 3 nitrogen and oxygen atoms in total. The predicted octanol–water partition coefficient (Wildman–Crippen LogP) is 3.40. The van der Waals surface area contributed by atoms with Crippen LogP contribution in [0.2, 0.25) is 10.0 Å². The fraction of sp³-hybridized carbons (Fsp3) is 0.364. The molecule has 1 saturated heterocycles. The van der Waals surface area contributed by atoms with E-state index in [-0.39, 0.29) is 11.9 Å². The van der Waals surface area contributed by atoms with E-state index in [0.717, 1.165) is 22.5 Å². The van der Waals surface area contributed by atoms with Crippen LogP contribution in [0.1, 0.15) is 0 Å². The van der Waals surface area contributed by atoms with Crippen LogP contribution in [-0.2, 0) is 4.79 Å². The summed E-state index contributed by atoms with van der Waals surface area (Å²) in [5, 5.41) is 6.78. The third-order valence-electron chi connectivity index (χ3n) is 2.49. The molecule has 1 aromatic rings. The Labute approximate surface area is 128 Å². The van der Waals surface area contributed by atoms with Crippen LogP contribution >= 0.6 is 50.9 Å². The van der Waals surface area contributed by atoms with Crippen molar-refractivity contribution in [2.45, 2.75) is 6.04 Å². The molecule has 0 radical (unpaired) electrons. The summed E-state index contributed by atoms with van der Waals surface area (Å²) < 4.78 is 0.779. The van der Waals surface area contributed by atoms with Crippen LogP contribution in [0.25, 0.3) is 0 Å². The van der Waals surface area contributed by atoms with E-state index in [0.29, 0.717) is 15.7 Å². The van der Waals surface area contributed by atoms with Gasteiger partial charge in [-0.3, -0.25) is 4.79 Å². The van der Waals surface area contributed by atoms with E-state index in [4.69, 9.17) is 23.2 Å². The van der Waals surface area contributed by atoms with Gasteiger partial charge in [-0.05, 0) is 12.1 Å². The Bertz CT molecular complexity index is 443. The van der Waals surface area contributed by atoms with Crippen LogP contribution in [-0.4, -0.2) is 30.0 Å². The maximum Gasteiger partial charge on any atom is 0.242 e. The van der Waals surface area contributed by atoms with Crippen molar-refractivity contribution >= 4 is 62.5 Å². The van der Waals surface area contributed by atoms with Crippen molar-refractivity contribution in [3.8, 4) is 0 Å². The molecule has 1 amide bonds. The largest absolute Gasteiger partial charge is 0.322 e. The molecule has 1 aromatic carbocycles. The maximum absolute atomic E-state index is 12.0. The van der Waals surface area contributed by atoms with E-state index in [1.165, 1.54) is 0 Å². The van der Waals surface area contributed by atoms with E-state index < -0.39 is 0 Å². The summed E-state index contributed by atoms with van der Waals surface area (Å²) in [6.45, 7) is 0.838. The van der Waals surface area contributed by atoms with Gasteiger partial charge in [0.1, 0.15) is 0 Å². The number of halogens is 3. The van der Waals surface area contributed by atoms with Gasteiger partial charge in [0.15, 0.2) is 0 Å². The molecule has 0 spiro atoms. The minimum absolute atomic E-state index is 0.103. The van der Waals surface area contributed by atoms with Crippen molar-refractivity contribution < 1.29 is 4.79 Å². The number of benzene rings is 1. The van der Waals surface area contributed by atoms with E-state index in [9.17, 15) is 4.79 Å². The van der Waals surface area contributed by atoms with E-state index in [1.807, 2.05) is 0 Å². The molecule has 7 heteroatoms. The van der Waals surface area contributed by atoms with Crippen molar-refractivity contribution in [3.05, 3.63) is 26.7 Å². The molecule has 1 aliphatic rings. The Balaban J connectivity index is 2.11. The van der Waals surface area contributed by atoms with Gasteiger partial charge in [-0.1, -0.05) is 39.1 Å². The Morgan fingerprint density at radius 2 is 2.11 bits per heavy atom. The number of carbonyl (C=O) groups excluding carboxylic acids is 1. The first-order valence-electron chi connectivity index (χ1n) is 5.34. The number of amides is 1. The molecule has 1 fully saturated rings. The highest BCUT2D eigenvalue weighted by Gasteiger charge is 2.22. The smallest absolute Gasteiger partial charge is 0.242 e. The lowest BCUT2D eigenvalue weighted by atomic mass is 10.2. The molecule has 98 valence electrons. The monoisotopic (exact) mass is 368 g/mol. The maximum atomic E-state index is 12.0. The quantitative estimate of drug-likeness (QED) is 0.839. The summed E-state index contributed by atoms with van der Waals surface area (Å²) in [7, 11) is 0. The van der Waals surface area contributed by atoms with Gasteiger partial charge in [0, 0.05) is 22.5 Å². The zero-order chi connectivity index (χ0) is 13.1. The number of thioether (sulfide) groups is 1. The zero-order valence-electron chi connectivity index (χ0n) is 9.30. The van der Waals surface area contributed by atoms with Crippen molar-refractivity contribution in [1.82, 2.24) is 5.32 Å². The Morgan fingerprint density at radius 3 is 2.67 bits per heavy atom. The molecular formula is C11H11BrCl2N2OS. The SMILES string of the molecule is O=C(Nc1c(Cl)cc(Br)cc1Cl)C1CSCCN1. The molecule has 0 saturated carbocycles. The molecule has 0 aliphatic carbocycles. The lowest BCUT2D eigenvalue weighted by molar-refractivity contribution is -0.117. The van der Waals surface area contributed by atoms with Crippen molar-refractivity contribution in [2.24, 2.45) is 0 Å². The van der Waals surface area contributed by atoms with Gasteiger partial charge in [-0.2, -0.15) is 11.8 Å². The molecule has 1 aliphatic heterocycles. The third kappa shape index (κ3) is 3.54. The van der Waals surface area contributed by atoms with Crippen LogP contribution in [0.5, 0.6) is 0 Å². The first kappa shape index (κ1) is 14.5. The third-order valence-corrected chi connectivity index (χ3v) is 4.61. The number of anilines is 1. The number of nitrogens with one attached hydrogen (secondary N) is 2. The molecule has 18 heavy (non-hydrogen) atoms. The average molecular weight is 370 g/mol. The standard InChI is InChI=1S/C11H11BrCl2N2OS/c12-6-3-7(13)10(8(14)4-6)16-11(17)9-5-18-2-1-15-9/h3-4,9,15H,1-2,5H2,(H,16,17). The summed E-state index contributed by atoms with van der Waals surface area (Å²) >= 11 is 17.2. The highest BCUT2D eigenvalue weighted by atomic mass is 79.9. The molecule has 1 heterocycles. The highest BCUT2D eigenvalue weighted by Crippen LogP contribution is 2.33. The summed E-state index contributed by atoms with van der Waals surface area (Å²) in [6.07, 6.45) is 0. The Morgan fingerprint density at radius 1 is 1.44 bits per heavy atom. The average Bonchev–Trinajstić information content (AvgIpc) is 2.34. The van der Waals surface area contributed by atoms with E-state index in [2.05, 4.69) is 26.6 Å². The minimum atomic E-state index is -0.195. The second-order valence-corrected chi connectivity index (χ2v) is 6.70. The first-order valence-corrected chi connectivity index (χ1v) is 8.05. The van der Waals surface area contributed by atoms with Crippen molar-refractivity contribution in [1.29, 1.82) is 0 Å². The van der Waals surface area contributed by atoms with Crippen LogP contribution in [0.4, 0.5) is 5.69 Å². The summed E-state index contributed by atoms with van der Waals surface area (Å²) in [5.74, 6) is 1.69. The first-order chi connectivity index (χ1) is 8.58. The van der Waals surface area contributed by atoms with Crippen LogP contribution in [0.3, 0.4) is 0 Å². The van der Waals surface area contributed by atoms with Crippen molar-refractivity contribution in [2.75, 3.05) is 23.4 Å². The topological polar surface area (TPSA) is 41.1 Å². The molecule has 2 rings (SSSR count). The minimum Gasteiger partial charge on any atom is -0.322 e. The number of hydrogen-bond donors (Lipinski definition) is 2. The second kappa shape index (κ2) is 6.48. The number of carbonyl (C=O) groups is 1.